The summed E-state index contributed by atoms with van der Waals surface area (Å²) in [5.41, 5.74) is 3.36. The minimum absolute atomic E-state index is 0.0523. The van der Waals surface area contributed by atoms with Gasteiger partial charge in [-0.15, -0.1) is 0 Å². The predicted octanol–water partition coefficient (Wildman–Crippen LogP) is 3.44. The van der Waals surface area contributed by atoms with Gasteiger partial charge >= 0.3 is 0 Å². The zero-order chi connectivity index (χ0) is 22.0. The lowest BCUT2D eigenvalue weighted by atomic mass is 9.85. The molecule has 0 unspecified atom stereocenters. The van der Waals surface area contributed by atoms with Gasteiger partial charge in [0.25, 0.3) is 0 Å². The van der Waals surface area contributed by atoms with Crippen molar-refractivity contribution in [2.45, 2.75) is 32.2 Å². The number of benzene rings is 2. The Morgan fingerprint density at radius 3 is 2.19 bits per heavy atom. The summed E-state index contributed by atoms with van der Waals surface area (Å²) >= 11 is 0. The lowest BCUT2D eigenvalue weighted by Crippen LogP contribution is -2.47. The van der Waals surface area contributed by atoms with Crippen molar-refractivity contribution in [3.63, 3.8) is 0 Å². The van der Waals surface area contributed by atoms with Gasteiger partial charge in [0.1, 0.15) is 0 Å². The number of fused-ring (bicyclic) bond motifs is 1. The summed E-state index contributed by atoms with van der Waals surface area (Å²) in [6, 6.07) is 14.1. The minimum atomic E-state index is -0.164. The van der Waals surface area contributed by atoms with Crippen LogP contribution < -0.4 is 9.47 Å². The molecule has 1 saturated heterocycles. The second-order valence-electron chi connectivity index (χ2n) is 8.28. The SMILES string of the molecule is COc1cc2c(cc1OC)[C@H](c1ccccc1)N(C(=O)C1CCN(C(C)=O)CC1)CC2. The third-order valence-electron chi connectivity index (χ3n) is 6.56. The van der Waals surface area contributed by atoms with Gasteiger partial charge in [0, 0.05) is 32.5 Å². The topological polar surface area (TPSA) is 59.1 Å². The second-order valence-corrected chi connectivity index (χ2v) is 8.28. The van der Waals surface area contributed by atoms with Crippen molar-refractivity contribution in [3.05, 3.63) is 59.2 Å². The van der Waals surface area contributed by atoms with E-state index < -0.39 is 0 Å². The van der Waals surface area contributed by atoms with Gasteiger partial charge in [-0.2, -0.15) is 0 Å². The van der Waals surface area contributed by atoms with E-state index in [4.69, 9.17) is 9.47 Å². The Balaban J connectivity index is 1.69. The third kappa shape index (κ3) is 4.11. The molecule has 1 fully saturated rings. The molecule has 0 saturated carbocycles. The van der Waals surface area contributed by atoms with Gasteiger partial charge in [-0.1, -0.05) is 30.3 Å². The molecule has 0 N–H and O–H groups in total. The highest BCUT2D eigenvalue weighted by atomic mass is 16.5. The average molecular weight is 423 g/mol. The van der Waals surface area contributed by atoms with Crippen LogP contribution in [-0.4, -0.2) is 55.5 Å². The molecule has 6 heteroatoms. The van der Waals surface area contributed by atoms with Crippen LogP contribution in [0, 0.1) is 5.92 Å². The summed E-state index contributed by atoms with van der Waals surface area (Å²) in [4.78, 5) is 29.2. The van der Waals surface area contributed by atoms with E-state index in [0.717, 1.165) is 30.4 Å². The lowest BCUT2D eigenvalue weighted by molar-refractivity contribution is -0.141. The first-order chi connectivity index (χ1) is 15.0. The molecule has 2 heterocycles. The molecule has 0 aromatic heterocycles. The van der Waals surface area contributed by atoms with Crippen LogP contribution in [-0.2, 0) is 16.0 Å². The monoisotopic (exact) mass is 422 g/mol. The summed E-state index contributed by atoms with van der Waals surface area (Å²) in [6.07, 6.45) is 2.21. The number of methoxy groups -OCH3 is 2. The summed E-state index contributed by atoms with van der Waals surface area (Å²) in [6.45, 7) is 3.55. The maximum absolute atomic E-state index is 13.7. The fourth-order valence-corrected chi connectivity index (χ4v) is 4.85. The van der Waals surface area contributed by atoms with Crippen LogP contribution >= 0.6 is 0 Å². The van der Waals surface area contributed by atoms with E-state index in [2.05, 4.69) is 12.1 Å². The van der Waals surface area contributed by atoms with E-state index in [1.54, 1.807) is 21.1 Å². The zero-order valence-corrected chi connectivity index (χ0v) is 18.5. The molecule has 164 valence electrons. The number of hydrogen-bond acceptors (Lipinski definition) is 4. The van der Waals surface area contributed by atoms with Crippen LogP contribution in [0.4, 0.5) is 0 Å². The van der Waals surface area contributed by atoms with Crippen LogP contribution in [0.15, 0.2) is 42.5 Å². The van der Waals surface area contributed by atoms with Crippen molar-refractivity contribution in [1.82, 2.24) is 9.80 Å². The maximum atomic E-state index is 13.7. The zero-order valence-electron chi connectivity index (χ0n) is 18.5. The molecule has 2 amide bonds. The van der Waals surface area contributed by atoms with E-state index >= 15 is 0 Å². The quantitative estimate of drug-likeness (QED) is 0.757. The second kappa shape index (κ2) is 9.00. The molecule has 2 aliphatic heterocycles. The Morgan fingerprint density at radius 2 is 1.58 bits per heavy atom. The van der Waals surface area contributed by atoms with Gasteiger partial charge in [-0.3, -0.25) is 9.59 Å². The molecule has 4 rings (SSSR count). The molecule has 1 atom stereocenters. The van der Waals surface area contributed by atoms with Crippen molar-refractivity contribution in [2.75, 3.05) is 33.9 Å². The van der Waals surface area contributed by atoms with Crippen molar-refractivity contribution in [2.24, 2.45) is 5.92 Å². The van der Waals surface area contributed by atoms with Gasteiger partial charge in [-0.05, 0) is 48.1 Å². The molecule has 0 bridgehead atoms. The summed E-state index contributed by atoms with van der Waals surface area (Å²) in [7, 11) is 3.28. The number of piperidine rings is 1. The number of likely N-dealkylation sites (tertiary alicyclic amines) is 1. The molecule has 0 aliphatic carbocycles. The highest BCUT2D eigenvalue weighted by Crippen LogP contribution is 2.42. The highest BCUT2D eigenvalue weighted by molar-refractivity contribution is 5.81. The summed E-state index contributed by atoms with van der Waals surface area (Å²) < 4.78 is 11.1. The number of rotatable bonds is 4. The maximum Gasteiger partial charge on any atom is 0.226 e. The van der Waals surface area contributed by atoms with Gasteiger partial charge < -0.3 is 19.3 Å². The molecule has 0 radical (unpaired) electrons. The number of carbonyl (C=O) groups excluding carboxylic acids is 2. The van der Waals surface area contributed by atoms with E-state index in [0.29, 0.717) is 31.1 Å². The molecule has 6 nitrogen and oxygen atoms in total. The van der Waals surface area contributed by atoms with Crippen LogP contribution in [0.25, 0.3) is 0 Å². The van der Waals surface area contributed by atoms with Crippen LogP contribution in [0.2, 0.25) is 0 Å². The Morgan fingerprint density at radius 1 is 0.935 bits per heavy atom. The first-order valence-corrected chi connectivity index (χ1v) is 10.9. The first kappa shape index (κ1) is 21.2. The lowest BCUT2D eigenvalue weighted by Gasteiger charge is -2.41. The Labute approximate surface area is 183 Å². The summed E-state index contributed by atoms with van der Waals surface area (Å²) in [5.74, 6) is 1.60. The van der Waals surface area contributed by atoms with E-state index in [1.165, 1.54) is 5.56 Å². The predicted molar refractivity (Wildman–Crippen MR) is 118 cm³/mol. The highest BCUT2D eigenvalue weighted by Gasteiger charge is 2.37. The normalized spacial score (nSPS) is 19.0. The standard InChI is InChI=1S/C25H30N2O4/c1-17(28)26-12-9-19(10-13-26)25(29)27-14-11-20-15-22(30-2)23(31-3)16-21(20)24(27)18-7-5-4-6-8-18/h4-8,15-16,19,24H,9-14H2,1-3H3/t24-/m0/s1. The molecular weight excluding hydrogens is 392 g/mol. The van der Waals surface area contributed by atoms with Crippen molar-refractivity contribution >= 4 is 11.8 Å². The Bertz CT molecular complexity index is 951. The first-order valence-electron chi connectivity index (χ1n) is 10.9. The largest absolute Gasteiger partial charge is 0.493 e. The Kier molecular flexibility index (Phi) is 6.16. The number of amides is 2. The van der Waals surface area contributed by atoms with E-state index in [-0.39, 0.29) is 23.8 Å². The fourth-order valence-electron chi connectivity index (χ4n) is 4.85. The van der Waals surface area contributed by atoms with Gasteiger partial charge in [0.15, 0.2) is 11.5 Å². The smallest absolute Gasteiger partial charge is 0.226 e. The van der Waals surface area contributed by atoms with Crippen molar-refractivity contribution in [3.8, 4) is 11.5 Å². The molecular formula is C25H30N2O4. The Hall–Kier alpha value is -3.02. The third-order valence-corrected chi connectivity index (χ3v) is 6.56. The van der Waals surface area contributed by atoms with E-state index in [1.807, 2.05) is 40.1 Å². The number of hydrogen-bond donors (Lipinski definition) is 0. The number of carbonyl (C=O) groups is 2. The van der Waals surface area contributed by atoms with Gasteiger partial charge in [-0.25, -0.2) is 0 Å². The van der Waals surface area contributed by atoms with Crippen LogP contribution in [0.3, 0.4) is 0 Å². The fraction of sp³-hybridized carbons (Fsp3) is 0.440. The molecule has 0 spiro atoms. The van der Waals surface area contributed by atoms with Crippen molar-refractivity contribution in [1.29, 1.82) is 0 Å². The van der Waals surface area contributed by atoms with Gasteiger partial charge in [0.2, 0.25) is 11.8 Å². The number of ether oxygens (including phenoxy) is 2. The summed E-state index contributed by atoms with van der Waals surface area (Å²) in [5, 5.41) is 0. The number of nitrogens with zero attached hydrogens (tertiary/aromatic N) is 2. The van der Waals surface area contributed by atoms with Gasteiger partial charge in [0.05, 0.1) is 20.3 Å². The van der Waals surface area contributed by atoms with Crippen molar-refractivity contribution < 1.29 is 19.1 Å². The molecule has 2 aromatic rings. The molecule has 2 aliphatic rings. The molecule has 31 heavy (non-hydrogen) atoms. The van der Waals surface area contributed by atoms with Crippen LogP contribution in [0.1, 0.15) is 42.5 Å². The average Bonchev–Trinajstić information content (AvgIpc) is 2.82. The molecule has 2 aromatic carbocycles. The minimum Gasteiger partial charge on any atom is -0.493 e. The van der Waals surface area contributed by atoms with Crippen LogP contribution in [0.5, 0.6) is 11.5 Å². The van der Waals surface area contributed by atoms with E-state index in [9.17, 15) is 9.59 Å².